The number of ether oxygens (including phenoxy) is 2. The lowest BCUT2D eigenvalue weighted by Crippen LogP contribution is -2.40. The maximum Gasteiger partial charge on any atom is 0.251 e. The predicted octanol–water partition coefficient (Wildman–Crippen LogP) is 0.389. The fourth-order valence-electron chi connectivity index (χ4n) is 2.61. The standard InChI is InChI=1S/C13H24N2O3/c1-9-11(6-7-17-9)14-8-10-4-5-12(18-10)13(16)15(2)3/h9-12,14H,4-8H2,1-3H3/t9-,10+,11-,12+/m0/s1. The zero-order valence-corrected chi connectivity index (χ0v) is 11.5. The number of carbonyl (C=O) groups excluding carboxylic acids is 1. The van der Waals surface area contributed by atoms with Crippen molar-refractivity contribution in [2.75, 3.05) is 27.2 Å². The minimum atomic E-state index is -0.246. The summed E-state index contributed by atoms with van der Waals surface area (Å²) >= 11 is 0. The van der Waals surface area contributed by atoms with Crippen molar-refractivity contribution >= 4 is 5.91 Å². The quantitative estimate of drug-likeness (QED) is 0.790. The number of nitrogens with zero attached hydrogens (tertiary/aromatic N) is 1. The summed E-state index contributed by atoms with van der Waals surface area (Å²) in [5.41, 5.74) is 0. The van der Waals surface area contributed by atoms with Crippen LogP contribution in [0.4, 0.5) is 0 Å². The third-order valence-electron chi connectivity index (χ3n) is 3.81. The van der Waals surface area contributed by atoms with Crippen molar-refractivity contribution in [1.29, 1.82) is 0 Å². The van der Waals surface area contributed by atoms with Crippen LogP contribution in [0.5, 0.6) is 0 Å². The van der Waals surface area contributed by atoms with Crippen molar-refractivity contribution in [2.24, 2.45) is 0 Å². The Morgan fingerprint density at radius 1 is 1.33 bits per heavy atom. The summed E-state index contributed by atoms with van der Waals surface area (Å²) < 4.78 is 11.3. The highest BCUT2D eigenvalue weighted by Gasteiger charge is 2.32. The van der Waals surface area contributed by atoms with Crippen LogP contribution in [-0.4, -0.2) is 62.4 Å². The predicted molar refractivity (Wildman–Crippen MR) is 68.4 cm³/mol. The number of hydrogen-bond acceptors (Lipinski definition) is 4. The van der Waals surface area contributed by atoms with Gasteiger partial charge in [-0.3, -0.25) is 4.79 Å². The number of likely N-dealkylation sites (N-methyl/N-ethyl adjacent to an activating group) is 1. The molecule has 1 amide bonds. The van der Waals surface area contributed by atoms with Gasteiger partial charge in [-0.1, -0.05) is 0 Å². The zero-order chi connectivity index (χ0) is 13.1. The van der Waals surface area contributed by atoms with Crippen LogP contribution in [0.25, 0.3) is 0 Å². The van der Waals surface area contributed by atoms with Crippen LogP contribution >= 0.6 is 0 Å². The van der Waals surface area contributed by atoms with Crippen LogP contribution in [0.2, 0.25) is 0 Å². The summed E-state index contributed by atoms with van der Waals surface area (Å²) in [5, 5.41) is 3.49. The van der Waals surface area contributed by atoms with Crippen molar-refractivity contribution in [3.05, 3.63) is 0 Å². The minimum Gasteiger partial charge on any atom is -0.377 e. The number of nitrogens with one attached hydrogen (secondary N) is 1. The fraction of sp³-hybridized carbons (Fsp3) is 0.923. The highest BCUT2D eigenvalue weighted by atomic mass is 16.5. The largest absolute Gasteiger partial charge is 0.377 e. The first-order valence-electron chi connectivity index (χ1n) is 6.79. The van der Waals surface area contributed by atoms with Gasteiger partial charge in [0.25, 0.3) is 5.91 Å². The van der Waals surface area contributed by atoms with Crippen molar-refractivity contribution in [3.8, 4) is 0 Å². The van der Waals surface area contributed by atoms with E-state index in [2.05, 4.69) is 12.2 Å². The first-order chi connectivity index (χ1) is 8.58. The van der Waals surface area contributed by atoms with Gasteiger partial charge in [-0.15, -0.1) is 0 Å². The number of amides is 1. The van der Waals surface area contributed by atoms with Gasteiger partial charge in [0.2, 0.25) is 0 Å². The molecule has 0 aromatic rings. The summed E-state index contributed by atoms with van der Waals surface area (Å²) in [7, 11) is 3.55. The van der Waals surface area contributed by atoms with Crippen molar-refractivity contribution < 1.29 is 14.3 Å². The first-order valence-corrected chi connectivity index (χ1v) is 6.79. The van der Waals surface area contributed by atoms with E-state index in [1.807, 2.05) is 0 Å². The lowest BCUT2D eigenvalue weighted by molar-refractivity contribution is -0.140. The van der Waals surface area contributed by atoms with Crippen molar-refractivity contribution in [2.45, 2.75) is 50.5 Å². The van der Waals surface area contributed by atoms with E-state index in [-0.39, 0.29) is 24.2 Å². The van der Waals surface area contributed by atoms with E-state index >= 15 is 0 Å². The number of rotatable bonds is 4. The summed E-state index contributed by atoms with van der Waals surface area (Å²) in [6, 6.07) is 0.428. The van der Waals surface area contributed by atoms with Crippen LogP contribution in [-0.2, 0) is 14.3 Å². The van der Waals surface area contributed by atoms with E-state index in [1.54, 1.807) is 19.0 Å². The Balaban J connectivity index is 1.71. The normalized spacial score (nSPS) is 35.9. The monoisotopic (exact) mass is 256 g/mol. The summed E-state index contributed by atoms with van der Waals surface area (Å²) in [6.07, 6.45) is 3.05. The van der Waals surface area contributed by atoms with Crippen LogP contribution in [0.1, 0.15) is 26.2 Å². The molecular weight excluding hydrogens is 232 g/mol. The van der Waals surface area contributed by atoms with E-state index in [0.29, 0.717) is 6.04 Å². The molecule has 1 N–H and O–H groups in total. The SMILES string of the molecule is C[C@@H]1OCC[C@@H]1NC[C@H]1CC[C@H](C(=O)N(C)C)O1. The van der Waals surface area contributed by atoms with Gasteiger partial charge in [-0.05, 0) is 26.2 Å². The van der Waals surface area contributed by atoms with Crippen molar-refractivity contribution in [3.63, 3.8) is 0 Å². The Morgan fingerprint density at radius 2 is 2.11 bits per heavy atom. The van der Waals surface area contributed by atoms with Gasteiger partial charge in [0, 0.05) is 33.3 Å². The van der Waals surface area contributed by atoms with Gasteiger partial charge in [-0.2, -0.15) is 0 Å². The molecule has 0 aromatic carbocycles. The van der Waals surface area contributed by atoms with Crippen LogP contribution in [0.15, 0.2) is 0 Å². The molecule has 0 radical (unpaired) electrons. The molecule has 0 saturated carbocycles. The summed E-state index contributed by atoms with van der Waals surface area (Å²) in [6.45, 7) is 3.75. The molecule has 2 aliphatic rings. The minimum absolute atomic E-state index is 0.0788. The molecule has 0 aromatic heterocycles. The van der Waals surface area contributed by atoms with Crippen LogP contribution in [0, 0.1) is 0 Å². The average Bonchev–Trinajstić information content (AvgIpc) is 2.94. The van der Waals surface area contributed by atoms with Gasteiger partial charge in [0.1, 0.15) is 6.10 Å². The van der Waals surface area contributed by atoms with Gasteiger partial charge in [-0.25, -0.2) is 0 Å². The molecular formula is C13H24N2O3. The molecule has 0 unspecified atom stereocenters. The summed E-state index contributed by atoms with van der Waals surface area (Å²) in [5.74, 6) is 0.0788. The lowest BCUT2D eigenvalue weighted by Gasteiger charge is -2.20. The fourth-order valence-corrected chi connectivity index (χ4v) is 2.61. The molecule has 2 aliphatic heterocycles. The lowest BCUT2D eigenvalue weighted by atomic mass is 10.1. The topological polar surface area (TPSA) is 50.8 Å². The van der Waals surface area contributed by atoms with Gasteiger partial charge in [0.15, 0.2) is 0 Å². The molecule has 2 heterocycles. The molecule has 0 spiro atoms. The smallest absolute Gasteiger partial charge is 0.251 e. The van der Waals surface area contributed by atoms with Gasteiger partial charge >= 0.3 is 0 Å². The molecule has 4 atom stereocenters. The van der Waals surface area contributed by atoms with E-state index in [1.165, 1.54) is 0 Å². The second kappa shape index (κ2) is 5.99. The number of carbonyl (C=O) groups is 1. The Hall–Kier alpha value is -0.650. The molecule has 18 heavy (non-hydrogen) atoms. The molecule has 5 nitrogen and oxygen atoms in total. The van der Waals surface area contributed by atoms with E-state index in [0.717, 1.165) is 32.4 Å². The van der Waals surface area contributed by atoms with E-state index < -0.39 is 0 Å². The first kappa shape index (κ1) is 13.8. The molecule has 2 fully saturated rings. The molecule has 0 bridgehead atoms. The summed E-state index contributed by atoms with van der Waals surface area (Å²) in [4.78, 5) is 13.4. The molecule has 0 aliphatic carbocycles. The Morgan fingerprint density at radius 3 is 2.72 bits per heavy atom. The molecule has 5 heteroatoms. The Kier molecular flexibility index (Phi) is 4.59. The Labute approximate surface area is 109 Å². The third kappa shape index (κ3) is 3.22. The van der Waals surface area contributed by atoms with Gasteiger partial charge in [0.05, 0.1) is 12.2 Å². The van der Waals surface area contributed by atoms with E-state index in [9.17, 15) is 4.79 Å². The average molecular weight is 256 g/mol. The van der Waals surface area contributed by atoms with Gasteiger partial charge < -0.3 is 19.7 Å². The molecule has 2 rings (SSSR count). The maximum absolute atomic E-state index is 11.8. The Bertz CT molecular complexity index is 296. The van der Waals surface area contributed by atoms with Crippen LogP contribution in [0.3, 0.4) is 0 Å². The third-order valence-corrected chi connectivity index (χ3v) is 3.81. The van der Waals surface area contributed by atoms with E-state index in [4.69, 9.17) is 9.47 Å². The molecule has 2 saturated heterocycles. The number of hydrogen-bond donors (Lipinski definition) is 1. The van der Waals surface area contributed by atoms with Crippen LogP contribution < -0.4 is 5.32 Å². The second-order valence-electron chi connectivity index (χ2n) is 5.44. The molecule has 104 valence electrons. The van der Waals surface area contributed by atoms with Crippen molar-refractivity contribution in [1.82, 2.24) is 10.2 Å². The second-order valence-corrected chi connectivity index (χ2v) is 5.44. The highest BCUT2D eigenvalue weighted by Crippen LogP contribution is 2.21. The maximum atomic E-state index is 11.8. The highest BCUT2D eigenvalue weighted by molar-refractivity contribution is 5.80. The zero-order valence-electron chi connectivity index (χ0n) is 11.5.